The maximum Gasteiger partial charge on any atom is 0.129 e. The number of halogens is 2. The molecule has 0 fully saturated rings. The van der Waals surface area contributed by atoms with E-state index < -0.39 is 0 Å². The van der Waals surface area contributed by atoms with Gasteiger partial charge in [-0.05, 0) is 65.4 Å². The molecule has 0 bridgehead atoms. The summed E-state index contributed by atoms with van der Waals surface area (Å²) in [4.78, 5) is 0. The van der Waals surface area contributed by atoms with Crippen LogP contribution in [0.2, 0.25) is 5.02 Å². The van der Waals surface area contributed by atoms with Crippen molar-refractivity contribution >= 4 is 34.2 Å². The second-order valence-electron chi connectivity index (χ2n) is 4.80. The summed E-state index contributed by atoms with van der Waals surface area (Å²) < 4.78 is 12.0. The van der Waals surface area contributed by atoms with Gasteiger partial charge in [-0.2, -0.15) is 0 Å². The van der Waals surface area contributed by atoms with Crippen LogP contribution in [0.4, 0.5) is 0 Å². The first-order chi connectivity index (χ1) is 10.2. The van der Waals surface area contributed by atoms with Crippen LogP contribution in [0.15, 0.2) is 34.7 Å². The van der Waals surface area contributed by atoms with Crippen molar-refractivity contribution < 1.29 is 9.15 Å². The van der Waals surface area contributed by atoms with Crippen LogP contribution in [0.1, 0.15) is 36.5 Å². The van der Waals surface area contributed by atoms with Crippen molar-refractivity contribution in [2.75, 3.05) is 13.7 Å². The van der Waals surface area contributed by atoms with Gasteiger partial charge in [0, 0.05) is 10.7 Å². The summed E-state index contributed by atoms with van der Waals surface area (Å²) in [7, 11) is 1.66. The highest BCUT2D eigenvalue weighted by Gasteiger charge is 2.18. The van der Waals surface area contributed by atoms with Crippen molar-refractivity contribution in [1.29, 1.82) is 0 Å². The minimum atomic E-state index is 0.00468. The van der Waals surface area contributed by atoms with Crippen molar-refractivity contribution in [2.24, 2.45) is 0 Å². The molecule has 0 aliphatic rings. The highest BCUT2D eigenvalue weighted by atomic mass is 127. The van der Waals surface area contributed by atoms with Gasteiger partial charge in [-0.1, -0.05) is 24.6 Å². The van der Waals surface area contributed by atoms with E-state index >= 15 is 0 Å². The number of benzene rings is 1. The van der Waals surface area contributed by atoms with Crippen LogP contribution in [-0.4, -0.2) is 13.7 Å². The fraction of sp³-hybridized carbons (Fsp3) is 0.375. The van der Waals surface area contributed by atoms with Gasteiger partial charge in [0.15, 0.2) is 0 Å². The minimum absolute atomic E-state index is 0.00468. The zero-order valence-electron chi connectivity index (χ0n) is 12.2. The van der Waals surface area contributed by atoms with E-state index in [1.165, 1.54) is 0 Å². The van der Waals surface area contributed by atoms with Gasteiger partial charge >= 0.3 is 0 Å². The molecule has 0 amide bonds. The van der Waals surface area contributed by atoms with Crippen molar-refractivity contribution in [3.63, 3.8) is 0 Å². The fourth-order valence-electron chi connectivity index (χ4n) is 2.13. The Bertz CT molecular complexity index is 585. The molecule has 0 spiro atoms. The van der Waals surface area contributed by atoms with Crippen molar-refractivity contribution in [3.05, 3.63) is 56.0 Å². The van der Waals surface area contributed by atoms with Gasteiger partial charge in [-0.15, -0.1) is 0 Å². The lowest BCUT2D eigenvalue weighted by Gasteiger charge is -2.17. The second-order valence-corrected chi connectivity index (χ2v) is 6.37. The maximum absolute atomic E-state index is 6.25. The first-order valence-electron chi connectivity index (χ1n) is 6.91. The van der Waals surface area contributed by atoms with Crippen LogP contribution in [0.25, 0.3) is 0 Å². The summed E-state index contributed by atoms with van der Waals surface area (Å²) >= 11 is 8.48. The Kier molecular flexibility index (Phi) is 6.54. The molecule has 2 aromatic rings. The van der Waals surface area contributed by atoms with Crippen LogP contribution in [-0.2, 0) is 11.3 Å². The van der Waals surface area contributed by atoms with E-state index in [-0.39, 0.29) is 6.04 Å². The van der Waals surface area contributed by atoms with Gasteiger partial charge < -0.3 is 14.5 Å². The molecule has 1 atom stereocenters. The normalized spacial score (nSPS) is 12.6. The van der Waals surface area contributed by atoms with Crippen molar-refractivity contribution in [3.8, 4) is 0 Å². The van der Waals surface area contributed by atoms with Gasteiger partial charge in [0.2, 0.25) is 0 Å². The van der Waals surface area contributed by atoms with Gasteiger partial charge in [0.25, 0.3) is 0 Å². The molecule has 5 heteroatoms. The zero-order chi connectivity index (χ0) is 15.2. The van der Waals surface area contributed by atoms with E-state index in [1.807, 2.05) is 24.3 Å². The largest absolute Gasteiger partial charge is 0.462 e. The zero-order valence-corrected chi connectivity index (χ0v) is 15.1. The SMILES string of the molecule is CCCNC(c1ccc(I)c(Cl)c1)c1ccc(COC)o1. The third kappa shape index (κ3) is 4.45. The molecule has 1 heterocycles. The Morgan fingerprint density at radius 2 is 2.14 bits per heavy atom. The lowest BCUT2D eigenvalue weighted by molar-refractivity contribution is 0.162. The molecule has 21 heavy (non-hydrogen) atoms. The number of hydrogen-bond acceptors (Lipinski definition) is 3. The Morgan fingerprint density at radius 1 is 1.33 bits per heavy atom. The fourth-order valence-corrected chi connectivity index (χ4v) is 2.66. The maximum atomic E-state index is 6.25. The number of rotatable bonds is 7. The van der Waals surface area contributed by atoms with Crippen LogP contribution in [0, 0.1) is 3.57 Å². The van der Waals surface area contributed by atoms with Crippen LogP contribution < -0.4 is 5.32 Å². The van der Waals surface area contributed by atoms with Crippen LogP contribution in [0.5, 0.6) is 0 Å². The number of methoxy groups -OCH3 is 1. The standard InChI is InChI=1S/C16H19ClINO2/c1-3-8-19-16(11-4-6-14(18)13(17)9-11)15-7-5-12(21-15)10-20-2/h4-7,9,16,19H,3,8,10H2,1-2H3. The Hall–Kier alpha value is -0.560. The first-order valence-corrected chi connectivity index (χ1v) is 8.37. The summed E-state index contributed by atoms with van der Waals surface area (Å²) in [6.07, 6.45) is 1.06. The van der Waals surface area contributed by atoms with Gasteiger partial charge in [-0.3, -0.25) is 0 Å². The molecular weight excluding hydrogens is 401 g/mol. The Balaban J connectivity index is 2.29. The summed E-state index contributed by atoms with van der Waals surface area (Å²) in [5.41, 5.74) is 1.10. The Morgan fingerprint density at radius 3 is 2.81 bits per heavy atom. The van der Waals surface area contributed by atoms with Crippen molar-refractivity contribution in [1.82, 2.24) is 5.32 Å². The molecule has 0 aliphatic carbocycles. The van der Waals surface area contributed by atoms with Crippen LogP contribution in [0.3, 0.4) is 0 Å². The molecule has 0 aliphatic heterocycles. The molecule has 1 unspecified atom stereocenters. The third-order valence-corrected chi connectivity index (χ3v) is 4.70. The molecule has 0 saturated heterocycles. The number of hydrogen-bond donors (Lipinski definition) is 1. The lowest BCUT2D eigenvalue weighted by Crippen LogP contribution is -2.22. The molecule has 2 rings (SSSR count). The smallest absolute Gasteiger partial charge is 0.129 e. The number of nitrogens with one attached hydrogen (secondary N) is 1. The van der Waals surface area contributed by atoms with E-state index in [1.54, 1.807) is 7.11 Å². The topological polar surface area (TPSA) is 34.4 Å². The molecular formula is C16H19ClINO2. The number of ether oxygens (including phenoxy) is 1. The van der Waals surface area contributed by atoms with E-state index in [0.717, 1.165) is 38.6 Å². The van der Waals surface area contributed by atoms with Gasteiger partial charge in [0.05, 0.1) is 11.1 Å². The highest BCUT2D eigenvalue weighted by molar-refractivity contribution is 14.1. The summed E-state index contributed by atoms with van der Waals surface area (Å²) in [6, 6.07) is 10.1. The molecule has 0 saturated carbocycles. The van der Waals surface area contributed by atoms with E-state index in [0.29, 0.717) is 6.61 Å². The quantitative estimate of drug-likeness (QED) is 0.656. The molecule has 0 radical (unpaired) electrons. The lowest BCUT2D eigenvalue weighted by atomic mass is 10.0. The summed E-state index contributed by atoms with van der Waals surface area (Å²) in [5.74, 6) is 1.71. The molecule has 1 aromatic heterocycles. The average molecular weight is 420 g/mol. The molecule has 114 valence electrons. The van der Waals surface area contributed by atoms with E-state index in [4.69, 9.17) is 20.8 Å². The molecule has 3 nitrogen and oxygen atoms in total. The van der Waals surface area contributed by atoms with Gasteiger partial charge in [-0.25, -0.2) is 0 Å². The minimum Gasteiger partial charge on any atom is -0.462 e. The predicted octanol–water partition coefficient (Wildman–Crippen LogP) is 4.77. The van der Waals surface area contributed by atoms with Crippen LogP contribution >= 0.6 is 34.2 Å². The first kappa shape index (κ1) is 16.8. The summed E-state index contributed by atoms with van der Waals surface area (Å²) in [6.45, 7) is 3.53. The average Bonchev–Trinajstić information content (AvgIpc) is 2.92. The highest BCUT2D eigenvalue weighted by Crippen LogP contribution is 2.28. The second kappa shape index (κ2) is 8.17. The predicted molar refractivity (Wildman–Crippen MR) is 93.7 cm³/mol. The van der Waals surface area contributed by atoms with Crippen molar-refractivity contribution in [2.45, 2.75) is 26.0 Å². The third-order valence-electron chi connectivity index (χ3n) is 3.13. The molecule has 1 N–H and O–H groups in total. The summed E-state index contributed by atoms with van der Waals surface area (Å²) in [5, 5.41) is 4.27. The Labute approximate surface area is 144 Å². The monoisotopic (exact) mass is 419 g/mol. The van der Waals surface area contributed by atoms with E-state index in [9.17, 15) is 0 Å². The number of furan rings is 1. The van der Waals surface area contributed by atoms with E-state index in [2.05, 4.69) is 40.9 Å². The molecule has 1 aromatic carbocycles. The van der Waals surface area contributed by atoms with Gasteiger partial charge in [0.1, 0.15) is 18.1 Å².